The van der Waals surface area contributed by atoms with Gasteiger partial charge >= 0.3 is 9.05 Å². The van der Waals surface area contributed by atoms with Gasteiger partial charge in [-0.25, -0.2) is 0 Å². The summed E-state index contributed by atoms with van der Waals surface area (Å²) in [4.78, 5) is 0. The van der Waals surface area contributed by atoms with E-state index in [9.17, 15) is 0 Å². The second-order valence-corrected chi connectivity index (χ2v) is 7.83. The van der Waals surface area contributed by atoms with Gasteiger partial charge in [0.05, 0.1) is 0 Å². The largest absolute Gasteiger partial charge is 0.679 e. The predicted molar refractivity (Wildman–Crippen MR) is 89.2 cm³/mol. The van der Waals surface area contributed by atoms with Crippen LogP contribution in [0, 0.1) is 0 Å². The van der Waals surface area contributed by atoms with Crippen molar-refractivity contribution in [3.63, 3.8) is 0 Å². The molecule has 0 bridgehead atoms. The third-order valence-corrected chi connectivity index (χ3v) is 5.67. The fourth-order valence-corrected chi connectivity index (χ4v) is 3.68. The van der Waals surface area contributed by atoms with Crippen molar-refractivity contribution in [1.29, 1.82) is 0 Å². The first-order chi connectivity index (χ1) is 10.2. The van der Waals surface area contributed by atoms with Crippen LogP contribution in [0.2, 0.25) is 0 Å². The van der Waals surface area contributed by atoms with Gasteiger partial charge in [0.1, 0.15) is 0 Å². The summed E-state index contributed by atoms with van der Waals surface area (Å²) in [5.41, 5.74) is 0. The Hall–Kier alpha value is 0.0569. The van der Waals surface area contributed by atoms with Gasteiger partial charge in [-0.05, 0) is 12.8 Å². The van der Waals surface area contributed by atoms with Gasteiger partial charge in [0.25, 0.3) is 0 Å². The van der Waals surface area contributed by atoms with Crippen LogP contribution in [0.3, 0.4) is 0 Å². The van der Waals surface area contributed by atoms with Gasteiger partial charge in [-0.2, -0.15) is 0 Å². The highest BCUT2D eigenvalue weighted by Crippen LogP contribution is 2.13. The molecule has 0 amide bonds. The molecule has 0 spiro atoms. The zero-order chi connectivity index (χ0) is 15.8. The minimum absolute atomic E-state index is 0.660. The first-order valence-electron chi connectivity index (χ1n) is 8.62. The van der Waals surface area contributed by atoms with E-state index in [-0.39, 0.29) is 0 Å². The molecule has 0 saturated carbocycles. The molecule has 0 N–H and O–H groups in total. The average Bonchev–Trinajstić information content (AvgIpc) is 2.52. The van der Waals surface area contributed by atoms with Crippen molar-refractivity contribution in [2.24, 2.45) is 0 Å². The maximum Gasteiger partial charge on any atom is 0.679 e. The van der Waals surface area contributed by atoms with Gasteiger partial charge in [0.2, 0.25) is 0 Å². The Morgan fingerprint density at radius 2 is 0.952 bits per heavy atom. The van der Waals surface area contributed by atoms with Gasteiger partial charge in [-0.1, -0.05) is 65.2 Å². The van der Waals surface area contributed by atoms with Gasteiger partial charge in [0, 0.05) is 27.4 Å². The Bertz CT molecular complexity index is 192. The summed E-state index contributed by atoms with van der Waals surface area (Å²) >= 11 is 0. The van der Waals surface area contributed by atoms with Crippen LogP contribution in [0.1, 0.15) is 78.1 Å². The van der Waals surface area contributed by atoms with Crippen molar-refractivity contribution >= 4 is 9.05 Å². The zero-order valence-corrected chi connectivity index (χ0v) is 15.6. The Morgan fingerprint density at radius 3 is 1.29 bits per heavy atom. The number of unbranched alkanes of at least 4 members (excludes halogenated alkanes) is 8. The number of hydrogen-bond donors (Lipinski definition) is 0. The summed E-state index contributed by atoms with van der Waals surface area (Å²) in [5, 5.41) is 0. The van der Waals surface area contributed by atoms with Crippen LogP contribution in [-0.2, 0) is 17.7 Å². The van der Waals surface area contributed by atoms with E-state index in [4.69, 9.17) is 17.7 Å². The van der Waals surface area contributed by atoms with Crippen LogP contribution in [0.25, 0.3) is 0 Å². The van der Waals surface area contributed by atoms with Crippen LogP contribution in [0.15, 0.2) is 0 Å². The first kappa shape index (κ1) is 21.1. The number of rotatable bonds is 16. The van der Waals surface area contributed by atoms with Gasteiger partial charge in [0.15, 0.2) is 0 Å². The first-order valence-corrected chi connectivity index (χ1v) is 10.3. The Kier molecular flexibility index (Phi) is 15.0. The predicted octanol–water partition coefficient (Wildman–Crippen LogP) is 4.69. The molecule has 0 rings (SSSR count). The summed E-state index contributed by atoms with van der Waals surface area (Å²) in [6, 6.07) is 0. The summed E-state index contributed by atoms with van der Waals surface area (Å²) < 4.78 is 22.4. The number of hydrogen-bond acceptors (Lipinski definition) is 4. The van der Waals surface area contributed by atoms with Crippen LogP contribution in [-0.4, -0.2) is 36.5 Å². The monoisotopic (exact) mass is 320 g/mol. The Labute approximate surface area is 133 Å². The highest BCUT2D eigenvalue weighted by atomic mass is 28.4. The molecule has 0 aliphatic carbocycles. The molecule has 0 aliphatic heterocycles. The summed E-state index contributed by atoms with van der Waals surface area (Å²) in [5.74, 6) is 0. The molecular weight excluding hydrogens is 284 g/mol. The fraction of sp³-hybridized carbons (Fsp3) is 1.00. The minimum Gasteiger partial charge on any atom is -0.355 e. The molecule has 0 heterocycles. The van der Waals surface area contributed by atoms with Gasteiger partial charge in [-0.15, -0.1) is 0 Å². The lowest BCUT2D eigenvalue weighted by Crippen LogP contribution is -2.47. The molecule has 0 aliphatic rings. The van der Waals surface area contributed by atoms with Crippen LogP contribution < -0.4 is 0 Å². The second-order valence-electron chi connectivity index (χ2n) is 5.43. The van der Waals surface area contributed by atoms with E-state index in [1.807, 2.05) is 0 Å². The van der Waals surface area contributed by atoms with Crippen LogP contribution in [0.5, 0.6) is 0 Å². The molecular formula is C16H36O4Si. The average molecular weight is 321 g/mol. The normalized spacial score (nSPS) is 12.0. The highest BCUT2D eigenvalue weighted by Gasteiger charge is 2.43. The lowest BCUT2D eigenvalue weighted by Gasteiger charge is -2.25. The van der Waals surface area contributed by atoms with E-state index in [2.05, 4.69) is 13.8 Å². The van der Waals surface area contributed by atoms with Crippen LogP contribution >= 0.6 is 0 Å². The van der Waals surface area contributed by atoms with Crippen molar-refractivity contribution in [2.75, 3.05) is 27.4 Å². The van der Waals surface area contributed by atoms with E-state index in [1.54, 1.807) is 14.2 Å². The van der Waals surface area contributed by atoms with E-state index in [0.717, 1.165) is 12.8 Å². The molecule has 0 aromatic heterocycles. The van der Waals surface area contributed by atoms with Crippen LogP contribution in [0.4, 0.5) is 0 Å². The molecule has 0 atom stereocenters. The van der Waals surface area contributed by atoms with E-state index < -0.39 is 9.05 Å². The molecule has 0 saturated heterocycles. The molecule has 4 nitrogen and oxygen atoms in total. The van der Waals surface area contributed by atoms with Crippen molar-refractivity contribution < 1.29 is 17.7 Å². The molecule has 0 fully saturated rings. The third kappa shape index (κ3) is 11.3. The van der Waals surface area contributed by atoms with Crippen molar-refractivity contribution in [3.05, 3.63) is 0 Å². The summed E-state index contributed by atoms with van der Waals surface area (Å²) in [6.07, 6.45) is 12.1. The molecule has 128 valence electrons. The fourth-order valence-electron chi connectivity index (χ4n) is 2.17. The zero-order valence-electron chi connectivity index (χ0n) is 14.6. The quantitative estimate of drug-likeness (QED) is 0.305. The summed E-state index contributed by atoms with van der Waals surface area (Å²) in [6.45, 7) is 5.76. The van der Waals surface area contributed by atoms with Crippen molar-refractivity contribution in [3.8, 4) is 0 Å². The maximum absolute atomic E-state index is 5.81. The molecule has 0 unspecified atom stereocenters. The van der Waals surface area contributed by atoms with Crippen molar-refractivity contribution in [1.82, 2.24) is 0 Å². The lowest BCUT2D eigenvalue weighted by molar-refractivity contribution is -0.0105. The highest BCUT2D eigenvalue weighted by molar-refractivity contribution is 6.53. The Morgan fingerprint density at radius 1 is 0.571 bits per heavy atom. The molecule has 0 radical (unpaired) electrons. The van der Waals surface area contributed by atoms with Gasteiger partial charge < -0.3 is 17.7 Å². The van der Waals surface area contributed by atoms with E-state index in [0.29, 0.717) is 13.2 Å². The van der Waals surface area contributed by atoms with Crippen molar-refractivity contribution in [2.45, 2.75) is 78.1 Å². The Balaban J connectivity index is 3.78. The lowest BCUT2D eigenvalue weighted by atomic mass is 10.2. The van der Waals surface area contributed by atoms with Gasteiger partial charge in [-0.3, -0.25) is 0 Å². The van der Waals surface area contributed by atoms with E-state index in [1.165, 1.54) is 51.4 Å². The standard InChI is InChI=1S/C16H36O4Si/c1-5-7-9-11-13-15-19-21(17-3,18-4)20-16-14-12-10-8-6-2/h5-16H2,1-4H3. The topological polar surface area (TPSA) is 36.9 Å². The summed E-state index contributed by atoms with van der Waals surface area (Å²) in [7, 11) is 0.350. The maximum atomic E-state index is 5.81. The molecule has 0 aromatic rings. The minimum atomic E-state index is -2.88. The second kappa shape index (κ2) is 15.0. The molecule has 0 aromatic carbocycles. The SMILES string of the molecule is CCCCCCCO[Si](OC)(OC)OCCCCCCC. The molecule has 21 heavy (non-hydrogen) atoms. The molecule has 5 heteroatoms. The third-order valence-electron chi connectivity index (χ3n) is 3.55. The smallest absolute Gasteiger partial charge is 0.355 e. The van der Waals surface area contributed by atoms with E-state index >= 15 is 0 Å².